The van der Waals surface area contributed by atoms with Crippen LogP contribution in [-0.4, -0.2) is 56.4 Å². The topological polar surface area (TPSA) is 145 Å². The maximum Gasteiger partial charge on any atom is 0.490 e. The van der Waals surface area contributed by atoms with E-state index in [1.807, 2.05) is 42.5 Å². The van der Waals surface area contributed by atoms with E-state index in [2.05, 4.69) is 20.4 Å². The number of pyridine rings is 1. The highest BCUT2D eigenvalue weighted by Crippen LogP contribution is 2.29. The largest absolute Gasteiger partial charge is 0.490 e. The van der Waals surface area contributed by atoms with Gasteiger partial charge >= 0.3 is 18.2 Å². The van der Waals surface area contributed by atoms with Crippen molar-refractivity contribution >= 4 is 40.2 Å². The maximum atomic E-state index is 12.6. The summed E-state index contributed by atoms with van der Waals surface area (Å²) in [7, 11) is 0. The molecule has 0 unspecified atom stereocenters. The fourth-order valence-electron chi connectivity index (χ4n) is 3.95. The number of carboxylic acid groups (broad SMARTS) is 1. The third kappa shape index (κ3) is 7.03. The molecule has 1 saturated heterocycles. The zero-order valence-corrected chi connectivity index (χ0v) is 21.3. The molecule has 14 heteroatoms. The fourth-order valence-corrected chi connectivity index (χ4v) is 4.19. The van der Waals surface area contributed by atoms with E-state index in [4.69, 9.17) is 31.3 Å². The van der Waals surface area contributed by atoms with Gasteiger partial charge in [0.25, 0.3) is 0 Å². The number of hydrogen-bond acceptors (Lipinski definition) is 7. The van der Waals surface area contributed by atoms with Gasteiger partial charge in [-0.05, 0) is 43.2 Å². The van der Waals surface area contributed by atoms with Crippen LogP contribution >= 0.6 is 11.6 Å². The van der Waals surface area contributed by atoms with Gasteiger partial charge in [0.2, 0.25) is 11.7 Å². The van der Waals surface area contributed by atoms with Gasteiger partial charge in [0.15, 0.2) is 0 Å². The van der Waals surface area contributed by atoms with Crippen molar-refractivity contribution in [3.8, 4) is 17.6 Å². The number of hydrogen-bond donors (Lipinski definition) is 2. The molecule has 0 bridgehead atoms. The molecule has 1 aliphatic heterocycles. The second-order valence-electron chi connectivity index (χ2n) is 8.68. The molecule has 0 radical (unpaired) electrons. The molecule has 0 spiro atoms. The molecule has 1 fully saturated rings. The second kappa shape index (κ2) is 12.0. The van der Waals surface area contributed by atoms with Crippen molar-refractivity contribution in [1.82, 2.24) is 20.0 Å². The molecule has 5 rings (SSSR count). The minimum Gasteiger partial charge on any atom is -0.475 e. The summed E-state index contributed by atoms with van der Waals surface area (Å²) < 4.78 is 37.3. The molecule has 1 aliphatic rings. The van der Waals surface area contributed by atoms with Crippen molar-refractivity contribution in [2.24, 2.45) is 0 Å². The summed E-state index contributed by atoms with van der Waals surface area (Å²) in [6.07, 6.45) is -3.67. The number of nitriles is 1. The lowest BCUT2D eigenvalue weighted by Gasteiger charge is -2.30. The Morgan fingerprint density at radius 3 is 2.48 bits per heavy atom. The summed E-state index contributed by atoms with van der Waals surface area (Å²) in [5.74, 6) is -1.65. The molecule has 2 aromatic heterocycles. The van der Waals surface area contributed by atoms with Gasteiger partial charge < -0.3 is 19.8 Å². The number of aromatic nitrogens is 3. The minimum atomic E-state index is -5.08. The molecule has 4 aromatic rings. The Morgan fingerprint density at radius 1 is 1.10 bits per heavy atom. The number of nitrogens with zero attached hydrogens (tertiary/aromatic N) is 5. The van der Waals surface area contributed by atoms with E-state index in [0.717, 1.165) is 10.9 Å². The SMILES string of the molecule is N#Cc1cc(Cl)cc(NC(=O)N2CCC(c3nc(-c4ccc5ccccc5n4)no3)CC2)c1.O=C(O)C(F)(F)F. The van der Waals surface area contributed by atoms with Gasteiger partial charge in [-0.3, -0.25) is 0 Å². The molecular formula is C26H20ClF3N6O4. The van der Waals surface area contributed by atoms with E-state index >= 15 is 0 Å². The number of aliphatic carboxylic acids is 1. The van der Waals surface area contributed by atoms with E-state index in [1.165, 1.54) is 0 Å². The van der Waals surface area contributed by atoms with Crippen molar-refractivity contribution in [3.05, 3.63) is 71.1 Å². The number of piperidine rings is 1. The number of carboxylic acids is 1. The van der Waals surface area contributed by atoms with Gasteiger partial charge in [0, 0.05) is 35.1 Å². The Kier molecular flexibility index (Phi) is 8.49. The number of benzene rings is 2. The smallest absolute Gasteiger partial charge is 0.475 e. The molecule has 0 aliphatic carbocycles. The molecule has 2 amide bonds. The van der Waals surface area contributed by atoms with Gasteiger partial charge in [-0.15, -0.1) is 0 Å². The lowest BCUT2D eigenvalue weighted by molar-refractivity contribution is -0.192. The number of nitrogens with one attached hydrogen (secondary N) is 1. The molecule has 10 nitrogen and oxygen atoms in total. The van der Waals surface area contributed by atoms with Crippen LogP contribution in [0, 0.1) is 11.3 Å². The van der Waals surface area contributed by atoms with Crippen molar-refractivity contribution < 1.29 is 32.4 Å². The number of carbonyl (C=O) groups excluding carboxylic acids is 1. The van der Waals surface area contributed by atoms with E-state index in [1.54, 1.807) is 23.1 Å². The van der Waals surface area contributed by atoms with Gasteiger partial charge in [0.1, 0.15) is 5.69 Å². The van der Waals surface area contributed by atoms with Crippen molar-refractivity contribution in [2.45, 2.75) is 24.9 Å². The number of rotatable bonds is 3. The van der Waals surface area contributed by atoms with Crippen molar-refractivity contribution in [3.63, 3.8) is 0 Å². The Bertz CT molecular complexity index is 1580. The third-order valence-electron chi connectivity index (χ3n) is 5.92. The minimum absolute atomic E-state index is 0.0760. The molecule has 0 atom stereocenters. The standard InChI is InChI=1S/C24H19ClN6O2.C2HF3O2/c25-18-11-15(14-26)12-19(13-18)27-24(32)31-9-7-17(8-10-31)23-29-22(30-33-23)21-6-5-16-3-1-2-4-20(16)28-21;3-2(4,5)1(6)7/h1-6,11-13,17H,7-10H2,(H,27,32);(H,6,7). The summed E-state index contributed by atoms with van der Waals surface area (Å²) in [6, 6.07) is 18.3. The molecule has 40 heavy (non-hydrogen) atoms. The third-order valence-corrected chi connectivity index (χ3v) is 6.14. The number of alkyl halides is 3. The molecule has 206 valence electrons. The van der Waals surface area contributed by atoms with Crippen LogP contribution in [0.15, 0.2) is 59.1 Å². The first-order valence-electron chi connectivity index (χ1n) is 11.8. The normalized spacial score (nSPS) is 13.7. The first-order valence-corrected chi connectivity index (χ1v) is 12.2. The number of urea groups is 1. The number of fused-ring (bicyclic) bond motifs is 1. The zero-order valence-electron chi connectivity index (χ0n) is 20.5. The summed E-state index contributed by atoms with van der Waals surface area (Å²) in [4.78, 5) is 32.5. The highest BCUT2D eigenvalue weighted by molar-refractivity contribution is 6.31. The number of anilines is 1. The predicted molar refractivity (Wildman–Crippen MR) is 137 cm³/mol. The van der Waals surface area contributed by atoms with E-state index in [9.17, 15) is 18.0 Å². The average Bonchev–Trinajstić information content (AvgIpc) is 3.43. The molecule has 2 N–H and O–H groups in total. The van der Waals surface area contributed by atoms with E-state index in [-0.39, 0.29) is 11.9 Å². The van der Waals surface area contributed by atoms with Crippen molar-refractivity contribution in [1.29, 1.82) is 5.26 Å². The lowest BCUT2D eigenvalue weighted by atomic mass is 9.97. The number of halogens is 4. The molecule has 3 heterocycles. The van der Waals surface area contributed by atoms with Gasteiger partial charge in [-0.25, -0.2) is 14.6 Å². The van der Waals surface area contributed by atoms with Crippen LogP contribution in [0.25, 0.3) is 22.4 Å². The number of carbonyl (C=O) groups is 2. The molecule has 2 aromatic carbocycles. The Balaban J connectivity index is 0.000000470. The number of amides is 2. The average molecular weight is 573 g/mol. The van der Waals surface area contributed by atoms with Crippen molar-refractivity contribution in [2.75, 3.05) is 18.4 Å². The predicted octanol–water partition coefficient (Wildman–Crippen LogP) is 5.85. The molecular weight excluding hydrogens is 553 g/mol. The van der Waals surface area contributed by atoms with Crippen LogP contribution < -0.4 is 5.32 Å². The lowest BCUT2D eigenvalue weighted by Crippen LogP contribution is -2.40. The summed E-state index contributed by atoms with van der Waals surface area (Å²) in [5.41, 5.74) is 2.43. The van der Waals surface area contributed by atoms with Gasteiger partial charge in [-0.1, -0.05) is 41.0 Å². The highest BCUT2D eigenvalue weighted by Gasteiger charge is 2.38. The van der Waals surface area contributed by atoms with Crippen LogP contribution in [0.1, 0.15) is 30.2 Å². The Hall–Kier alpha value is -4.70. The fraction of sp³-hybridized carbons (Fsp3) is 0.231. The number of likely N-dealkylation sites (tertiary alicyclic amines) is 1. The summed E-state index contributed by atoms with van der Waals surface area (Å²) in [6.45, 7) is 1.10. The van der Waals surface area contributed by atoms with Crippen LogP contribution in [0.3, 0.4) is 0 Å². The van der Waals surface area contributed by atoms with Crippen LogP contribution in [0.4, 0.5) is 23.7 Å². The maximum absolute atomic E-state index is 12.6. The van der Waals surface area contributed by atoms with Crippen LogP contribution in [-0.2, 0) is 4.79 Å². The number of para-hydroxylation sites is 1. The van der Waals surface area contributed by atoms with Gasteiger partial charge in [0.05, 0.1) is 17.1 Å². The first-order chi connectivity index (χ1) is 19.0. The Labute approximate surface area is 230 Å². The monoisotopic (exact) mass is 572 g/mol. The van der Waals surface area contributed by atoms with Crippen LogP contribution in [0.2, 0.25) is 5.02 Å². The summed E-state index contributed by atoms with van der Waals surface area (Å²) >= 11 is 6.02. The zero-order chi connectivity index (χ0) is 28.9. The van der Waals surface area contributed by atoms with E-state index < -0.39 is 12.1 Å². The van der Waals surface area contributed by atoms with E-state index in [0.29, 0.717) is 59.6 Å². The first kappa shape index (κ1) is 28.3. The molecule has 0 saturated carbocycles. The van der Waals surface area contributed by atoms with Gasteiger partial charge in [-0.2, -0.15) is 23.4 Å². The quantitative estimate of drug-likeness (QED) is 0.311. The highest BCUT2D eigenvalue weighted by atomic mass is 35.5. The Morgan fingerprint density at radius 2 is 1.80 bits per heavy atom. The second-order valence-corrected chi connectivity index (χ2v) is 9.12. The summed E-state index contributed by atoms with van der Waals surface area (Å²) in [5, 5.41) is 24.6. The van der Waals surface area contributed by atoms with Crippen LogP contribution in [0.5, 0.6) is 0 Å².